The molecule has 1 rings (SSSR count). The largest absolute Gasteiger partial charge is 1.00 e. The van der Waals surface area contributed by atoms with Gasteiger partial charge in [-0.25, -0.2) is 0 Å². The fourth-order valence-electron chi connectivity index (χ4n) is 1.30. The first-order valence-electron chi connectivity index (χ1n) is 5.43. The first kappa shape index (κ1) is 16.3. The predicted octanol–water partition coefficient (Wildman–Crippen LogP) is 0.413. The van der Waals surface area contributed by atoms with Crippen LogP contribution < -0.4 is 56.7 Å². The van der Waals surface area contributed by atoms with Crippen LogP contribution in [0.5, 0.6) is 0 Å². The molecule has 0 atom stereocenters. The molecule has 0 heterocycles. The van der Waals surface area contributed by atoms with Crippen LogP contribution in [0.2, 0.25) is 0 Å². The summed E-state index contributed by atoms with van der Waals surface area (Å²) in [6, 6.07) is 10.6. The Balaban J connectivity index is 0.00000225. The van der Waals surface area contributed by atoms with E-state index in [0.717, 1.165) is 11.0 Å². The van der Waals surface area contributed by atoms with E-state index in [0.29, 0.717) is 12.1 Å². The number of nitrogens with zero attached hydrogens (tertiary/aromatic N) is 2. The summed E-state index contributed by atoms with van der Waals surface area (Å²) in [5, 5.41) is 5.53. The van der Waals surface area contributed by atoms with Gasteiger partial charge in [-0.3, -0.25) is 4.99 Å². The van der Waals surface area contributed by atoms with Crippen LogP contribution in [0.4, 0.5) is 5.69 Å². The Kier molecular flexibility index (Phi) is 8.59. The topological polar surface area (TPSA) is 26.5 Å². The van der Waals surface area contributed by atoms with Gasteiger partial charge >= 0.3 is 51.4 Å². The summed E-state index contributed by atoms with van der Waals surface area (Å²) in [5.74, 6) is 0. The van der Waals surface area contributed by atoms with Crippen molar-refractivity contribution < 1.29 is 51.4 Å². The molecule has 1 aromatic rings. The molecule has 0 N–H and O–H groups in total. The molecule has 0 spiro atoms. The Morgan fingerprint density at radius 1 is 1.00 bits per heavy atom. The number of hydrogen-bond donors (Lipinski definition) is 0. The van der Waals surface area contributed by atoms with E-state index in [-0.39, 0.29) is 51.4 Å². The summed E-state index contributed by atoms with van der Waals surface area (Å²) in [6.45, 7) is 8.30. The molecular formula is C13H19KN2. The fraction of sp³-hybridized carbons (Fsp3) is 0.462. The number of rotatable bonds is 3. The van der Waals surface area contributed by atoms with E-state index in [1.54, 1.807) is 0 Å². The van der Waals surface area contributed by atoms with Gasteiger partial charge in [0, 0.05) is 11.4 Å². The molecule has 2 nitrogen and oxygen atoms in total. The second-order valence-electron chi connectivity index (χ2n) is 4.13. The average Bonchev–Trinajstić information content (AvgIpc) is 2.30. The molecule has 82 valence electrons. The Morgan fingerprint density at radius 3 is 2.19 bits per heavy atom. The van der Waals surface area contributed by atoms with Gasteiger partial charge in [0.05, 0.1) is 0 Å². The van der Waals surface area contributed by atoms with E-state index < -0.39 is 0 Å². The molecule has 0 amide bonds. The van der Waals surface area contributed by atoms with E-state index in [1.807, 2.05) is 30.3 Å². The molecule has 0 saturated carbocycles. The molecule has 0 bridgehead atoms. The molecule has 0 aliphatic rings. The summed E-state index contributed by atoms with van der Waals surface area (Å²) < 4.78 is 0. The molecule has 0 aromatic heterocycles. The van der Waals surface area contributed by atoms with Crippen molar-refractivity contribution >= 4 is 5.69 Å². The minimum atomic E-state index is 0. The normalized spacial score (nSPS) is 11.5. The zero-order chi connectivity index (χ0) is 11.3. The predicted molar refractivity (Wildman–Crippen MR) is 65.3 cm³/mol. The maximum Gasteiger partial charge on any atom is 1.00 e. The van der Waals surface area contributed by atoms with Crippen molar-refractivity contribution in [3.8, 4) is 0 Å². The third-order valence-electron chi connectivity index (χ3n) is 1.79. The second-order valence-corrected chi connectivity index (χ2v) is 4.13. The minimum absolute atomic E-state index is 0. The zero-order valence-corrected chi connectivity index (χ0v) is 14.1. The molecule has 3 heteroatoms. The quantitative estimate of drug-likeness (QED) is 0.687. The zero-order valence-electron chi connectivity index (χ0n) is 10.9. The Morgan fingerprint density at radius 2 is 1.62 bits per heavy atom. The van der Waals surface area contributed by atoms with E-state index in [9.17, 15) is 0 Å². The minimum Gasteiger partial charge on any atom is -0.680 e. The Bertz CT molecular complexity index is 372. The van der Waals surface area contributed by atoms with Crippen LogP contribution in [-0.4, -0.2) is 12.1 Å². The van der Waals surface area contributed by atoms with Crippen molar-refractivity contribution in [1.82, 2.24) is 0 Å². The molecule has 0 radical (unpaired) electrons. The summed E-state index contributed by atoms with van der Waals surface area (Å²) in [5.41, 5.74) is 0.976. The van der Waals surface area contributed by atoms with E-state index in [1.165, 1.54) is 0 Å². The van der Waals surface area contributed by atoms with Gasteiger partial charge in [0.15, 0.2) is 0 Å². The summed E-state index contributed by atoms with van der Waals surface area (Å²) in [4.78, 5) is 4.56. The van der Waals surface area contributed by atoms with Crippen molar-refractivity contribution in [1.29, 1.82) is 0 Å². The van der Waals surface area contributed by atoms with Crippen LogP contribution in [-0.2, 0) is 0 Å². The van der Waals surface area contributed by atoms with Crippen molar-refractivity contribution in [2.24, 2.45) is 4.99 Å². The molecular weight excluding hydrogens is 223 g/mol. The van der Waals surface area contributed by atoms with Crippen LogP contribution in [0.15, 0.2) is 35.3 Å². The molecule has 16 heavy (non-hydrogen) atoms. The van der Waals surface area contributed by atoms with Crippen molar-refractivity contribution in [3.63, 3.8) is 0 Å². The van der Waals surface area contributed by atoms with Crippen LogP contribution in [0, 0.1) is 0 Å². The van der Waals surface area contributed by atoms with Crippen molar-refractivity contribution in [2.75, 3.05) is 0 Å². The average molecular weight is 242 g/mol. The molecule has 0 aliphatic carbocycles. The third-order valence-corrected chi connectivity index (χ3v) is 1.79. The smallest absolute Gasteiger partial charge is 0.680 e. The van der Waals surface area contributed by atoms with Gasteiger partial charge in [0.2, 0.25) is 0 Å². The van der Waals surface area contributed by atoms with Gasteiger partial charge in [-0.15, -0.1) is 11.7 Å². The first-order chi connectivity index (χ1) is 7.09. The van der Waals surface area contributed by atoms with Gasteiger partial charge in [0.1, 0.15) is 0 Å². The molecule has 0 aliphatic heterocycles. The fourth-order valence-corrected chi connectivity index (χ4v) is 1.30. The molecule has 1 aromatic carbocycles. The molecule has 0 saturated heterocycles. The summed E-state index contributed by atoms with van der Waals surface area (Å²) in [6.07, 6.45) is 0. The standard InChI is InChI=1S/C13H19N2.K/c1-10(2)14-12-8-6-5-7-9-13(12)15-11(3)4;/h5-11H,1-4H3;/q-1;+1. The van der Waals surface area contributed by atoms with Crippen LogP contribution >= 0.6 is 0 Å². The molecule has 0 unspecified atom stereocenters. The maximum absolute atomic E-state index is 4.56. The maximum atomic E-state index is 4.56. The number of hydrogen-bond acceptors (Lipinski definition) is 1. The van der Waals surface area contributed by atoms with Crippen molar-refractivity contribution in [3.05, 3.63) is 41.0 Å². The molecule has 0 fully saturated rings. The van der Waals surface area contributed by atoms with Crippen LogP contribution in [0.1, 0.15) is 27.7 Å². The monoisotopic (exact) mass is 242 g/mol. The Labute approximate surface area is 141 Å². The van der Waals surface area contributed by atoms with Gasteiger partial charge in [-0.05, 0) is 19.9 Å². The van der Waals surface area contributed by atoms with Crippen LogP contribution in [0.3, 0.4) is 0 Å². The van der Waals surface area contributed by atoms with E-state index in [4.69, 9.17) is 0 Å². The van der Waals surface area contributed by atoms with Gasteiger partial charge in [-0.1, -0.05) is 38.1 Å². The Hall–Kier alpha value is 0.326. The first-order valence-corrected chi connectivity index (χ1v) is 5.43. The van der Waals surface area contributed by atoms with Gasteiger partial charge in [0.25, 0.3) is 0 Å². The van der Waals surface area contributed by atoms with E-state index >= 15 is 0 Å². The third kappa shape index (κ3) is 6.16. The van der Waals surface area contributed by atoms with Crippen LogP contribution in [0.25, 0.3) is 5.32 Å². The van der Waals surface area contributed by atoms with Gasteiger partial charge in [-0.2, -0.15) is 0 Å². The summed E-state index contributed by atoms with van der Waals surface area (Å²) in [7, 11) is 0. The SMILES string of the molecule is CC(C)N=c1cccccc1[N-]C(C)C.[K+]. The van der Waals surface area contributed by atoms with Gasteiger partial charge < -0.3 is 5.32 Å². The van der Waals surface area contributed by atoms with Crippen molar-refractivity contribution in [2.45, 2.75) is 39.8 Å². The second kappa shape index (κ2) is 8.42. The van der Waals surface area contributed by atoms with E-state index in [2.05, 4.69) is 38.0 Å². The summed E-state index contributed by atoms with van der Waals surface area (Å²) >= 11 is 0.